The highest BCUT2D eigenvalue weighted by Crippen LogP contribution is 2.38. The Morgan fingerprint density at radius 1 is 1.34 bits per heavy atom. The lowest BCUT2D eigenvalue weighted by molar-refractivity contribution is 0.101. The summed E-state index contributed by atoms with van der Waals surface area (Å²) in [6.07, 6.45) is 6.11. The third-order valence-corrected chi connectivity index (χ3v) is 6.03. The summed E-state index contributed by atoms with van der Waals surface area (Å²) in [5.41, 5.74) is 3.09. The standard InChI is InChI=1S/C22H25ClN4O2/c1-22(2,3)15-8-9-19-17(10-15)20(26-29-19)21(28)25-16-11-24-27(13-16)12-14-6-4-5-7-18(14)23/h4-7,11,13,15H,8-10,12H2,1-3H3,(H,25,28). The first kappa shape index (κ1) is 19.7. The smallest absolute Gasteiger partial charge is 0.278 e. The number of rotatable bonds is 4. The van der Waals surface area contributed by atoms with Crippen LogP contribution in [0.1, 0.15) is 54.6 Å². The summed E-state index contributed by atoms with van der Waals surface area (Å²) in [6.45, 7) is 7.25. The molecule has 0 aliphatic heterocycles. The number of amides is 1. The van der Waals surface area contributed by atoms with Gasteiger partial charge in [-0.05, 0) is 35.8 Å². The van der Waals surface area contributed by atoms with Gasteiger partial charge in [0.15, 0.2) is 5.69 Å². The molecule has 1 aliphatic rings. The highest BCUT2D eigenvalue weighted by Gasteiger charge is 2.34. The van der Waals surface area contributed by atoms with Crippen molar-refractivity contribution in [3.63, 3.8) is 0 Å². The predicted octanol–water partition coefficient (Wildman–Crippen LogP) is 4.98. The van der Waals surface area contributed by atoms with Crippen molar-refractivity contribution in [2.75, 3.05) is 5.32 Å². The van der Waals surface area contributed by atoms with Gasteiger partial charge in [-0.1, -0.05) is 55.7 Å². The monoisotopic (exact) mass is 412 g/mol. The van der Waals surface area contributed by atoms with E-state index in [-0.39, 0.29) is 11.3 Å². The van der Waals surface area contributed by atoms with Crippen LogP contribution in [0, 0.1) is 11.3 Å². The van der Waals surface area contributed by atoms with E-state index in [0.717, 1.165) is 36.1 Å². The zero-order valence-corrected chi connectivity index (χ0v) is 17.7. The highest BCUT2D eigenvalue weighted by molar-refractivity contribution is 6.31. The quantitative estimate of drug-likeness (QED) is 0.656. The molecule has 152 valence electrons. The number of nitrogens with one attached hydrogen (secondary N) is 1. The van der Waals surface area contributed by atoms with Crippen LogP contribution < -0.4 is 5.32 Å². The number of carbonyl (C=O) groups is 1. The van der Waals surface area contributed by atoms with Gasteiger partial charge >= 0.3 is 0 Å². The lowest BCUT2D eigenvalue weighted by atomic mass is 9.71. The molecule has 6 nitrogen and oxygen atoms in total. The molecule has 29 heavy (non-hydrogen) atoms. The van der Waals surface area contributed by atoms with Crippen LogP contribution in [-0.4, -0.2) is 20.8 Å². The van der Waals surface area contributed by atoms with Gasteiger partial charge in [0, 0.05) is 23.2 Å². The summed E-state index contributed by atoms with van der Waals surface area (Å²) in [4.78, 5) is 12.8. The molecule has 1 atom stereocenters. The van der Waals surface area contributed by atoms with E-state index in [4.69, 9.17) is 16.1 Å². The topological polar surface area (TPSA) is 73.0 Å². The minimum Gasteiger partial charge on any atom is -0.360 e. The SMILES string of the molecule is CC(C)(C)C1CCc2onc(C(=O)Nc3cnn(Cc4ccccc4Cl)c3)c2C1. The molecule has 0 fully saturated rings. The number of aromatic nitrogens is 3. The van der Waals surface area contributed by atoms with E-state index in [1.54, 1.807) is 17.1 Å². The first-order valence-electron chi connectivity index (χ1n) is 9.86. The molecule has 2 heterocycles. The van der Waals surface area contributed by atoms with E-state index in [1.807, 2.05) is 24.3 Å². The largest absolute Gasteiger partial charge is 0.360 e. The Hall–Kier alpha value is -2.60. The molecule has 1 aromatic carbocycles. The van der Waals surface area contributed by atoms with Crippen molar-refractivity contribution in [3.8, 4) is 0 Å². The maximum absolute atomic E-state index is 12.8. The van der Waals surface area contributed by atoms with Crippen LogP contribution in [0.15, 0.2) is 41.2 Å². The maximum atomic E-state index is 12.8. The molecule has 1 amide bonds. The van der Waals surface area contributed by atoms with Crippen LogP contribution in [-0.2, 0) is 19.4 Å². The fourth-order valence-corrected chi connectivity index (χ4v) is 4.02. The average molecular weight is 413 g/mol. The molecule has 3 aromatic rings. The average Bonchev–Trinajstić information content (AvgIpc) is 3.29. The number of carbonyl (C=O) groups excluding carboxylic acids is 1. The Kier molecular flexibility index (Phi) is 5.21. The fraction of sp³-hybridized carbons (Fsp3) is 0.409. The number of hydrogen-bond acceptors (Lipinski definition) is 4. The number of hydrogen-bond donors (Lipinski definition) is 1. The van der Waals surface area contributed by atoms with Crippen LogP contribution in [0.4, 0.5) is 5.69 Å². The molecule has 0 saturated carbocycles. The molecule has 0 spiro atoms. The van der Waals surface area contributed by atoms with Gasteiger partial charge in [0.25, 0.3) is 5.91 Å². The molecule has 2 aromatic heterocycles. The third-order valence-electron chi connectivity index (χ3n) is 5.66. The Morgan fingerprint density at radius 3 is 2.90 bits per heavy atom. The molecular weight excluding hydrogens is 388 g/mol. The first-order valence-corrected chi connectivity index (χ1v) is 10.2. The van der Waals surface area contributed by atoms with Gasteiger partial charge in [-0.15, -0.1) is 0 Å². The summed E-state index contributed by atoms with van der Waals surface area (Å²) in [5, 5.41) is 12.0. The van der Waals surface area contributed by atoms with E-state index in [2.05, 4.69) is 36.3 Å². The van der Waals surface area contributed by atoms with Crippen molar-refractivity contribution in [2.45, 2.75) is 46.6 Å². The number of aryl methyl sites for hydroxylation is 1. The molecule has 1 N–H and O–H groups in total. The van der Waals surface area contributed by atoms with Crippen molar-refractivity contribution in [3.05, 3.63) is 64.3 Å². The molecule has 0 radical (unpaired) electrons. The van der Waals surface area contributed by atoms with Crippen molar-refractivity contribution < 1.29 is 9.32 Å². The molecule has 4 rings (SSSR count). The number of benzene rings is 1. The van der Waals surface area contributed by atoms with Gasteiger partial charge in [0.1, 0.15) is 5.76 Å². The van der Waals surface area contributed by atoms with E-state index >= 15 is 0 Å². The van der Waals surface area contributed by atoms with Gasteiger partial charge in [-0.3, -0.25) is 9.48 Å². The number of nitrogens with zero attached hydrogens (tertiary/aromatic N) is 3. The number of fused-ring (bicyclic) bond motifs is 1. The Balaban J connectivity index is 1.47. The van der Waals surface area contributed by atoms with E-state index < -0.39 is 0 Å². The number of halogens is 1. The lowest BCUT2D eigenvalue weighted by Crippen LogP contribution is -2.27. The molecule has 0 saturated heterocycles. The van der Waals surface area contributed by atoms with Gasteiger partial charge in [0.05, 0.1) is 18.4 Å². The first-order chi connectivity index (χ1) is 13.8. The minimum atomic E-state index is -0.262. The summed E-state index contributed by atoms with van der Waals surface area (Å²) in [5.74, 6) is 1.08. The zero-order valence-electron chi connectivity index (χ0n) is 16.9. The second-order valence-corrected chi connectivity index (χ2v) is 9.12. The summed E-state index contributed by atoms with van der Waals surface area (Å²) in [6, 6.07) is 7.63. The van der Waals surface area contributed by atoms with Crippen LogP contribution in [0.5, 0.6) is 0 Å². The van der Waals surface area contributed by atoms with Gasteiger partial charge < -0.3 is 9.84 Å². The summed E-state index contributed by atoms with van der Waals surface area (Å²) >= 11 is 6.21. The highest BCUT2D eigenvalue weighted by atomic mass is 35.5. The second kappa shape index (κ2) is 7.67. The van der Waals surface area contributed by atoms with E-state index in [9.17, 15) is 4.79 Å². The van der Waals surface area contributed by atoms with E-state index in [0.29, 0.717) is 28.9 Å². The molecule has 1 aliphatic carbocycles. The van der Waals surface area contributed by atoms with Crippen LogP contribution >= 0.6 is 11.6 Å². The molecule has 7 heteroatoms. The fourth-order valence-electron chi connectivity index (χ4n) is 3.83. The Labute approximate surface area is 175 Å². The Bertz CT molecular complexity index is 1030. The third kappa shape index (κ3) is 4.22. The second-order valence-electron chi connectivity index (χ2n) is 8.71. The summed E-state index contributed by atoms with van der Waals surface area (Å²) < 4.78 is 7.20. The minimum absolute atomic E-state index is 0.183. The van der Waals surface area contributed by atoms with Crippen LogP contribution in [0.25, 0.3) is 0 Å². The Morgan fingerprint density at radius 2 is 2.14 bits per heavy atom. The van der Waals surface area contributed by atoms with Crippen molar-refractivity contribution in [1.29, 1.82) is 0 Å². The lowest BCUT2D eigenvalue weighted by Gasteiger charge is -2.33. The predicted molar refractivity (Wildman–Crippen MR) is 112 cm³/mol. The molecular formula is C22H25ClN4O2. The normalized spacial score (nSPS) is 16.5. The van der Waals surface area contributed by atoms with Crippen LogP contribution in [0.2, 0.25) is 5.02 Å². The van der Waals surface area contributed by atoms with Gasteiger partial charge in [-0.25, -0.2) is 0 Å². The molecule has 0 bridgehead atoms. The number of anilines is 1. The van der Waals surface area contributed by atoms with Crippen molar-refractivity contribution in [1.82, 2.24) is 14.9 Å². The van der Waals surface area contributed by atoms with Gasteiger partial charge in [-0.2, -0.15) is 5.10 Å². The van der Waals surface area contributed by atoms with E-state index in [1.165, 1.54) is 0 Å². The summed E-state index contributed by atoms with van der Waals surface area (Å²) in [7, 11) is 0. The maximum Gasteiger partial charge on any atom is 0.278 e. The molecule has 1 unspecified atom stereocenters. The van der Waals surface area contributed by atoms with Crippen LogP contribution in [0.3, 0.4) is 0 Å². The van der Waals surface area contributed by atoms with Crippen molar-refractivity contribution in [2.24, 2.45) is 11.3 Å². The zero-order chi connectivity index (χ0) is 20.6. The van der Waals surface area contributed by atoms with Gasteiger partial charge in [0.2, 0.25) is 0 Å². The van der Waals surface area contributed by atoms with Crippen molar-refractivity contribution >= 4 is 23.2 Å².